The average Bonchev–Trinajstić information content (AvgIpc) is 3.47. The Labute approximate surface area is 134 Å². The van der Waals surface area contributed by atoms with Gasteiger partial charge in [-0.05, 0) is 38.5 Å². The summed E-state index contributed by atoms with van der Waals surface area (Å²) < 4.78 is 28.8. The Hall–Kier alpha value is -0.880. The summed E-state index contributed by atoms with van der Waals surface area (Å²) >= 11 is 0. The smallest absolute Gasteiger partial charge is 0.303 e. The molecule has 0 atom stereocenters. The lowest BCUT2D eigenvalue weighted by Crippen LogP contribution is -2.18. The molecule has 0 unspecified atom stereocenters. The van der Waals surface area contributed by atoms with E-state index in [0.717, 1.165) is 18.9 Å². The lowest BCUT2D eigenvalue weighted by molar-refractivity contribution is -0.113. The molecule has 3 aliphatic carbocycles. The van der Waals surface area contributed by atoms with E-state index in [4.69, 9.17) is 13.6 Å². The highest BCUT2D eigenvalue weighted by atomic mass is 31.2. The summed E-state index contributed by atoms with van der Waals surface area (Å²) in [7, 11) is -3.90. The van der Waals surface area contributed by atoms with Gasteiger partial charge >= 0.3 is 7.82 Å². The second-order valence-electron chi connectivity index (χ2n) is 7.21. The first-order valence-corrected chi connectivity index (χ1v) is 9.31. The molecule has 0 heterocycles. The highest BCUT2D eigenvalue weighted by Crippen LogP contribution is 2.58. The number of carbonyl (C=O) groups excluding carboxylic acids is 3. The Morgan fingerprint density at radius 2 is 0.913 bits per heavy atom. The first-order chi connectivity index (χ1) is 10.9. The Bertz CT molecular complexity index is 470. The van der Waals surface area contributed by atoms with Crippen LogP contribution in [0.3, 0.4) is 0 Å². The summed E-state index contributed by atoms with van der Waals surface area (Å²) in [6, 6.07) is 0. The van der Waals surface area contributed by atoms with Gasteiger partial charge in [0.05, 0.1) is 19.8 Å². The molecule has 0 aliphatic heterocycles. The van der Waals surface area contributed by atoms with E-state index in [1.807, 2.05) is 0 Å². The maximum absolute atomic E-state index is 12.8. The van der Waals surface area contributed by atoms with E-state index < -0.39 is 24.1 Å². The van der Waals surface area contributed by atoms with Crippen LogP contribution < -0.4 is 0 Å². The van der Waals surface area contributed by atoms with E-state index in [9.17, 15) is 18.9 Å². The number of hydrogen-bond donors (Lipinski definition) is 0. The second-order valence-corrected chi connectivity index (χ2v) is 8.88. The molecule has 0 bridgehead atoms. The first kappa shape index (κ1) is 17.0. The van der Waals surface area contributed by atoms with Gasteiger partial charge < -0.3 is 14.4 Å². The van der Waals surface area contributed by atoms with Crippen LogP contribution >= 0.6 is 7.82 Å². The van der Waals surface area contributed by atoms with Gasteiger partial charge in [0.15, 0.2) is 0 Å². The number of rotatable bonds is 12. The number of phosphoric acid groups is 1. The van der Waals surface area contributed by atoms with Crippen molar-refractivity contribution in [3.63, 3.8) is 0 Å². The fourth-order valence-corrected chi connectivity index (χ4v) is 3.57. The first-order valence-electron chi connectivity index (χ1n) is 7.85. The normalized spacial score (nSPS) is 25.4. The molecule has 0 aromatic carbocycles. The molecule has 23 heavy (non-hydrogen) atoms. The highest BCUT2D eigenvalue weighted by Gasteiger charge is 2.50. The maximum Gasteiger partial charge on any atom is 0.474 e. The molecule has 0 N–H and O–H groups in total. The van der Waals surface area contributed by atoms with Gasteiger partial charge in [-0.15, -0.1) is 0 Å². The van der Waals surface area contributed by atoms with Crippen molar-refractivity contribution in [2.75, 3.05) is 19.8 Å². The lowest BCUT2D eigenvalue weighted by atomic mass is 10.2. The monoisotopic (exact) mass is 344 g/mol. The van der Waals surface area contributed by atoms with Crippen LogP contribution in [0.5, 0.6) is 0 Å². The van der Waals surface area contributed by atoms with Gasteiger partial charge in [-0.3, -0.25) is 13.6 Å². The minimum absolute atomic E-state index is 0.0318. The SMILES string of the molecule is O=CC1(COP(=O)(OCC2(C=O)CC2)OCC2(C=O)CC2)CC1. The van der Waals surface area contributed by atoms with Crippen molar-refractivity contribution in [2.45, 2.75) is 38.5 Å². The molecule has 0 spiro atoms. The zero-order valence-corrected chi connectivity index (χ0v) is 13.8. The molecule has 7 nitrogen and oxygen atoms in total. The van der Waals surface area contributed by atoms with E-state index in [0.29, 0.717) is 38.5 Å². The van der Waals surface area contributed by atoms with Crippen molar-refractivity contribution >= 4 is 26.7 Å². The summed E-state index contributed by atoms with van der Waals surface area (Å²) in [5, 5.41) is 0. The largest absolute Gasteiger partial charge is 0.474 e. The van der Waals surface area contributed by atoms with Crippen LogP contribution in [0.15, 0.2) is 0 Å². The third kappa shape index (κ3) is 3.97. The minimum Gasteiger partial charge on any atom is -0.303 e. The van der Waals surface area contributed by atoms with Crippen LogP contribution in [-0.2, 0) is 32.5 Å². The van der Waals surface area contributed by atoms with Crippen molar-refractivity contribution in [3.8, 4) is 0 Å². The van der Waals surface area contributed by atoms with Crippen LogP contribution in [0, 0.1) is 16.2 Å². The number of hydrogen-bond acceptors (Lipinski definition) is 7. The van der Waals surface area contributed by atoms with E-state index in [1.165, 1.54) is 0 Å². The van der Waals surface area contributed by atoms with Gasteiger partial charge in [0.25, 0.3) is 0 Å². The van der Waals surface area contributed by atoms with Gasteiger partial charge in [-0.2, -0.15) is 0 Å². The molecule has 0 amide bonds. The topological polar surface area (TPSA) is 96.0 Å². The third-order valence-corrected chi connectivity index (χ3v) is 6.29. The summed E-state index contributed by atoms with van der Waals surface area (Å²) in [6.45, 7) is -0.0954. The predicted octanol–water partition coefficient (Wildman–Crippen LogP) is 2.08. The fraction of sp³-hybridized carbons (Fsp3) is 0.800. The zero-order chi connectivity index (χ0) is 16.6. The van der Waals surface area contributed by atoms with Crippen molar-refractivity contribution < 1.29 is 32.5 Å². The van der Waals surface area contributed by atoms with E-state index in [1.54, 1.807) is 0 Å². The highest BCUT2D eigenvalue weighted by molar-refractivity contribution is 7.48. The molecule has 3 saturated carbocycles. The molecule has 0 radical (unpaired) electrons. The molecule has 0 aromatic rings. The summed E-state index contributed by atoms with van der Waals surface area (Å²) in [4.78, 5) is 33.0. The summed E-state index contributed by atoms with van der Waals surface area (Å²) in [6.07, 6.45) is 6.54. The van der Waals surface area contributed by atoms with E-state index in [-0.39, 0.29) is 19.8 Å². The molecule has 3 rings (SSSR count). The number of aldehydes is 3. The molecular weight excluding hydrogens is 323 g/mol. The van der Waals surface area contributed by atoms with Crippen LogP contribution in [0.2, 0.25) is 0 Å². The number of phosphoric ester groups is 1. The van der Waals surface area contributed by atoms with E-state index >= 15 is 0 Å². The van der Waals surface area contributed by atoms with E-state index in [2.05, 4.69) is 0 Å². The molecule has 3 aliphatic rings. The standard InChI is InChI=1S/C15H21O7P/c16-7-13(1-2-13)10-20-23(19,21-11-14(8-17)3-4-14)22-12-15(9-18)5-6-15/h7-9H,1-6,10-12H2. The predicted molar refractivity (Wildman–Crippen MR) is 78.7 cm³/mol. The summed E-state index contributed by atoms with van der Waals surface area (Å²) in [5.74, 6) is 0. The van der Waals surface area contributed by atoms with Crippen molar-refractivity contribution in [1.82, 2.24) is 0 Å². The van der Waals surface area contributed by atoms with Crippen LogP contribution in [0.1, 0.15) is 38.5 Å². The average molecular weight is 344 g/mol. The van der Waals surface area contributed by atoms with Crippen LogP contribution in [-0.4, -0.2) is 38.7 Å². The van der Waals surface area contributed by atoms with Gasteiger partial charge in [0.1, 0.15) is 18.9 Å². The van der Waals surface area contributed by atoms with Gasteiger partial charge in [0, 0.05) is 16.2 Å². The molecule has 3 fully saturated rings. The summed E-state index contributed by atoms with van der Waals surface area (Å²) in [5.41, 5.74) is -1.77. The third-order valence-electron chi connectivity index (χ3n) is 4.96. The Morgan fingerprint density at radius 1 is 0.652 bits per heavy atom. The minimum atomic E-state index is -3.90. The number of carbonyl (C=O) groups is 3. The van der Waals surface area contributed by atoms with Gasteiger partial charge in [-0.25, -0.2) is 4.57 Å². The second kappa shape index (κ2) is 5.88. The molecular formula is C15H21O7P. The van der Waals surface area contributed by atoms with Crippen molar-refractivity contribution in [3.05, 3.63) is 0 Å². The van der Waals surface area contributed by atoms with Crippen LogP contribution in [0.4, 0.5) is 0 Å². The lowest BCUT2D eigenvalue weighted by Gasteiger charge is -2.22. The molecule has 128 valence electrons. The Morgan fingerprint density at radius 3 is 1.09 bits per heavy atom. The molecule has 0 aromatic heterocycles. The fourth-order valence-electron chi connectivity index (χ4n) is 2.10. The van der Waals surface area contributed by atoms with Crippen molar-refractivity contribution in [1.29, 1.82) is 0 Å². The zero-order valence-electron chi connectivity index (χ0n) is 12.9. The molecule has 8 heteroatoms. The van der Waals surface area contributed by atoms with Crippen molar-refractivity contribution in [2.24, 2.45) is 16.2 Å². The van der Waals surface area contributed by atoms with Crippen LogP contribution in [0.25, 0.3) is 0 Å². The maximum atomic E-state index is 12.8. The Kier molecular flexibility index (Phi) is 4.34. The quantitative estimate of drug-likeness (QED) is 0.395. The van der Waals surface area contributed by atoms with Gasteiger partial charge in [0.2, 0.25) is 0 Å². The molecule has 0 saturated heterocycles. The van der Waals surface area contributed by atoms with Gasteiger partial charge in [-0.1, -0.05) is 0 Å². The Balaban J connectivity index is 1.59.